The van der Waals surface area contributed by atoms with Crippen LogP contribution in [0.3, 0.4) is 0 Å². The maximum Gasteiger partial charge on any atom is 0.224 e. The normalized spacial score (nSPS) is 12.2. The molecule has 2 aromatic rings. The van der Waals surface area contributed by atoms with E-state index in [1.165, 1.54) is 11.0 Å². The zero-order valence-corrected chi connectivity index (χ0v) is 8.54. The van der Waals surface area contributed by atoms with Gasteiger partial charge in [-0.05, 0) is 0 Å². The summed E-state index contributed by atoms with van der Waals surface area (Å²) in [6, 6.07) is 9.36. The summed E-state index contributed by atoms with van der Waals surface area (Å²) in [6.45, 7) is 0. The quantitative estimate of drug-likeness (QED) is 0.657. The van der Waals surface area contributed by atoms with E-state index in [9.17, 15) is 0 Å². The van der Waals surface area contributed by atoms with Crippen LogP contribution >= 0.6 is 0 Å². The molecule has 2 rings (SSSR count). The van der Waals surface area contributed by atoms with Crippen LogP contribution in [0.4, 0.5) is 5.95 Å². The van der Waals surface area contributed by atoms with Crippen molar-refractivity contribution in [2.45, 2.75) is 0 Å². The average Bonchev–Trinajstić information content (AvgIpc) is 2.75. The highest BCUT2D eigenvalue weighted by molar-refractivity contribution is 5.79. The Bertz CT molecular complexity index is 513. The Kier molecular flexibility index (Phi) is 2.47. The van der Waals surface area contributed by atoms with Crippen molar-refractivity contribution in [2.75, 3.05) is 5.73 Å². The number of hydrogen-bond acceptors (Lipinski definition) is 5. The van der Waals surface area contributed by atoms with E-state index in [0.717, 1.165) is 5.56 Å². The Morgan fingerprint density at radius 1 is 1.12 bits per heavy atom. The monoisotopic (exact) mass is 216 g/mol. The number of nitrogen functional groups attached to an aromatic ring is 1. The van der Waals surface area contributed by atoms with Crippen LogP contribution in [0, 0.1) is 0 Å². The fourth-order valence-corrected chi connectivity index (χ4v) is 1.32. The SMILES string of the molecule is N/C(=C(/N)n1ncnc1N)c1ccccc1. The summed E-state index contributed by atoms with van der Waals surface area (Å²) >= 11 is 0. The highest BCUT2D eigenvalue weighted by Crippen LogP contribution is 2.13. The van der Waals surface area contributed by atoms with Gasteiger partial charge in [0, 0.05) is 5.56 Å². The maximum atomic E-state index is 5.91. The van der Waals surface area contributed by atoms with E-state index < -0.39 is 0 Å². The molecule has 0 unspecified atom stereocenters. The lowest BCUT2D eigenvalue weighted by Crippen LogP contribution is -2.16. The minimum absolute atomic E-state index is 0.205. The number of hydrogen-bond donors (Lipinski definition) is 3. The molecule has 0 spiro atoms. The molecule has 0 aliphatic heterocycles. The lowest BCUT2D eigenvalue weighted by Gasteiger charge is -2.07. The molecule has 82 valence electrons. The number of nitrogens with two attached hydrogens (primary N) is 3. The second-order valence-electron chi connectivity index (χ2n) is 3.19. The van der Waals surface area contributed by atoms with Crippen LogP contribution in [0.2, 0.25) is 0 Å². The molecule has 6 nitrogen and oxygen atoms in total. The highest BCUT2D eigenvalue weighted by atomic mass is 15.4. The van der Waals surface area contributed by atoms with Crippen LogP contribution in [-0.2, 0) is 0 Å². The second kappa shape index (κ2) is 3.93. The average molecular weight is 216 g/mol. The maximum absolute atomic E-state index is 5.91. The van der Waals surface area contributed by atoms with Crippen LogP contribution in [0.15, 0.2) is 36.7 Å². The number of aromatic nitrogens is 3. The third-order valence-electron chi connectivity index (χ3n) is 2.16. The third-order valence-corrected chi connectivity index (χ3v) is 2.16. The molecule has 0 atom stereocenters. The lowest BCUT2D eigenvalue weighted by atomic mass is 10.1. The molecule has 6 heteroatoms. The molecule has 0 aliphatic carbocycles. The van der Waals surface area contributed by atoms with Gasteiger partial charge >= 0.3 is 0 Å². The van der Waals surface area contributed by atoms with E-state index in [4.69, 9.17) is 17.2 Å². The molecule has 0 saturated carbocycles. The fraction of sp³-hybridized carbons (Fsp3) is 0. The Balaban J connectivity index is 2.47. The minimum Gasteiger partial charge on any atom is -0.395 e. The first-order chi connectivity index (χ1) is 7.70. The molecule has 1 aromatic heterocycles. The van der Waals surface area contributed by atoms with Crippen LogP contribution in [0.5, 0.6) is 0 Å². The van der Waals surface area contributed by atoms with Crippen LogP contribution in [0.1, 0.15) is 5.56 Å². The van der Waals surface area contributed by atoms with Gasteiger partial charge in [-0.1, -0.05) is 30.3 Å². The Morgan fingerprint density at radius 2 is 1.81 bits per heavy atom. The zero-order valence-electron chi connectivity index (χ0n) is 8.54. The summed E-state index contributed by atoms with van der Waals surface area (Å²) in [6.07, 6.45) is 1.32. The third kappa shape index (κ3) is 1.68. The van der Waals surface area contributed by atoms with E-state index in [0.29, 0.717) is 5.70 Å². The highest BCUT2D eigenvalue weighted by Gasteiger charge is 2.07. The van der Waals surface area contributed by atoms with Gasteiger partial charge in [0.1, 0.15) is 6.33 Å². The van der Waals surface area contributed by atoms with Crippen molar-refractivity contribution in [1.29, 1.82) is 0 Å². The molecular formula is C10H12N6. The van der Waals surface area contributed by atoms with E-state index in [-0.39, 0.29) is 11.8 Å². The number of anilines is 1. The Morgan fingerprint density at radius 3 is 2.38 bits per heavy atom. The lowest BCUT2D eigenvalue weighted by molar-refractivity contribution is 0.897. The molecular weight excluding hydrogens is 204 g/mol. The molecule has 1 heterocycles. The fourth-order valence-electron chi connectivity index (χ4n) is 1.32. The number of benzene rings is 1. The molecule has 0 radical (unpaired) electrons. The van der Waals surface area contributed by atoms with Gasteiger partial charge in [0.15, 0.2) is 5.82 Å². The van der Waals surface area contributed by atoms with Gasteiger partial charge in [0.25, 0.3) is 0 Å². The summed E-state index contributed by atoms with van der Waals surface area (Å²) in [7, 11) is 0. The standard InChI is InChI=1S/C10H12N6/c11-8(7-4-2-1-3-5-7)9(12)16-10(13)14-6-15-16/h1-6H,11-12H2,(H2,13,14,15)/b9-8-. The molecule has 16 heavy (non-hydrogen) atoms. The van der Waals surface area contributed by atoms with Crippen molar-refractivity contribution in [3.8, 4) is 0 Å². The van der Waals surface area contributed by atoms with Crippen LogP contribution in [0.25, 0.3) is 11.5 Å². The molecule has 0 saturated heterocycles. The van der Waals surface area contributed by atoms with Crippen molar-refractivity contribution in [2.24, 2.45) is 11.5 Å². The minimum atomic E-state index is 0.205. The van der Waals surface area contributed by atoms with E-state index in [1.54, 1.807) is 0 Å². The van der Waals surface area contributed by atoms with E-state index >= 15 is 0 Å². The van der Waals surface area contributed by atoms with Crippen molar-refractivity contribution < 1.29 is 0 Å². The summed E-state index contributed by atoms with van der Waals surface area (Å²) in [4.78, 5) is 3.77. The first-order valence-corrected chi connectivity index (χ1v) is 4.66. The molecule has 6 N–H and O–H groups in total. The number of rotatable bonds is 2. The van der Waals surface area contributed by atoms with Gasteiger partial charge in [-0.3, -0.25) is 0 Å². The molecule has 0 aliphatic rings. The van der Waals surface area contributed by atoms with Gasteiger partial charge in [0.2, 0.25) is 5.95 Å². The number of nitrogens with zero attached hydrogens (tertiary/aromatic N) is 3. The Labute approximate surface area is 92.4 Å². The molecule has 0 amide bonds. The van der Waals surface area contributed by atoms with Crippen molar-refractivity contribution in [3.05, 3.63) is 42.2 Å². The van der Waals surface area contributed by atoms with Gasteiger partial charge in [-0.2, -0.15) is 14.8 Å². The van der Waals surface area contributed by atoms with Crippen LogP contribution in [-0.4, -0.2) is 14.8 Å². The van der Waals surface area contributed by atoms with Gasteiger partial charge < -0.3 is 17.2 Å². The summed E-state index contributed by atoms with van der Waals surface area (Å²) in [5, 5.41) is 3.88. The predicted octanol–water partition coefficient (Wildman–Crippen LogP) is 0.0610. The van der Waals surface area contributed by atoms with Crippen molar-refractivity contribution in [1.82, 2.24) is 14.8 Å². The van der Waals surface area contributed by atoms with Crippen LogP contribution < -0.4 is 17.2 Å². The molecule has 1 aromatic carbocycles. The summed E-state index contributed by atoms with van der Waals surface area (Å²) < 4.78 is 1.29. The first kappa shape index (κ1) is 10.0. The smallest absolute Gasteiger partial charge is 0.224 e. The Hall–Kier alpha value is -2.50. The second-order valence-corrected chi connectivity index (χ2v) is 3.19. The topological polar surface area (TPSA) is 109 Å². The van der Waals surface area contributed by atoms with E-state index in [2.05, 4.69) is 10.1 Å². The first-order valence-electron chi connectivity index (χ1n) is 4.66. The van der Waals surface area contributed by atoms with Gasteiger partial charge in [0.05, 0.1) is 5.70 Å². The summed E-state index contributed by atoms with van der Waals surface area (Å²) in [5.41, 5.74) is 18.6. The van der Waals surface area contributed by atoms with E-state index in [1.807, 2.05) is 30.3 Å². The van der Waals surface area contributed by atoms with Crippen molar-refractivity contribution >= 4 is 17.5 Å². The molecule has 0 bridgehead atoms. The van der Waals surface area contributed by atoms with Crippen molar-refractivity contribution in [3.63, 3.8) is 0 Å². The zero-order chi connectivity index (χ0) is 11.5. The van der Waals surface area contributed by atoms with Gasteiger partial charge in [-0.25, -0.2) is 0 Å². The van der Waals surface area contributed by atoms with Gasteiger partial charge in [-0.15, -0.1) is 0 Å². The molecule has 0 fully saturated rings. The predicted molar refractivity (Wildman–Crippen MR) is 62.4 cm³/mol. The summed E-state index contributed by atoms with van der Waals surface area (Å²) in [5.74, 6) is 0.470. The largest absolute Gasteiger partial charge is 0.395 e.